The minimum absolute atomic E-state index is 0.0459. The van der Waals surface area contributed by atoms with Gasteiger partial charge in [0, 0.05) is 13.0 Å². The maximum atomic E-state index is 8.61. The Morgan fingerprint density at radius 3 is 1.70 bits per heavy atom. The van der Waals surface area contributed by atoms with Crippen LogP contribution in [0.2, 0.25) is 0 Å². The number of hydrogen-bond donors (Lipinski definition) is 3. The van der Waals surface area contributed by atoms with Crippen LogP contribution in [-0.4, -0.2) is 17.4 Å². The van der Waals surface area contributed by atoms with Crippen molar-refractivity contribution >= 4 is 0 Å². The summed E-state index contributed by atoms with van der Waals surface area (Å²) in [5.41, 5.74) is 10.5. The third kappa shape index (κ3) is 2.25. The third-order valence-corrected chi connectivity index (χ3v) is 1.92. The van der Waals surface area contributed by atoms with Gasteiger partial charge in [0.25, 0.3) is 0 Å². The Morgan fingerprint density at radius 1 is 1.20 bits per heavy atom. The minimum Gasteiger partial charge on any atom is -0.396 e. The molecule has 0 aromatic carbocycles. The molecule has 0 atom stereocenters. The second-order valence-electron chi connectivity index (χ2n) is 3.76. The second-order valence-corrected chi connectivity index (χ2v) is 3.76. The van der Waals surface area contributed by atoms with Gasteiger partial charge in [-0.2, -0.15) is 0 Å². The topological polar surface area (TPSA) is 72.3 Å². The highest BCUT2D eigenvalue weighted by Gasteiger charge is 2.33. The van der Waals surface area contributed by atoms with Crippen molar-refractivity contribution in [2.45, 2.75) is 32.9 Å². The summed E-state index contributed by atoms with van der Waals surface area (Å²) in [6.07, 6.45) is 0.441. The summed E-state index contributed by atoms with van der Waals surface area (Å²) in [7, 11) is 0. The zero-order valence-corrected chi connectivity index (χ0v) is 7.02. The normalized spacial score (nSPS) is 13.8. The van der Waals surface area contributed by atoms with Gasteiger partial charge in [-0.3, -0.25) is 0 Å². The van der Waals surface area contributed by atoms with Gasteiger partial charge in [-0.1, -0.05) is 20.8 Å². The van der Waals surface area contributed by atoms with E-state index in [1.807, 2.05) is 20.8 Å². The maximum absolute atomic E-state index is 8.61. The third-order valence-electron chi connectivity index (χ3n) is 1.92. The molecule has 0 spiro atoms. The van der Waals surface area contributed by atoms with E-state index in [-0.39, 0.29) is 12.0 Å². The highest BCUT2D eigenvalue weighted by Crippen LogP contribution is 2.25. The van der Waals surface area contributed by atoms with Crippen LogP contribution in [0.3, 0.4) is 0 Å². The summed E-state index contributed by atoms with van der Waals surface area (Å²) < 4.78 is 0. The van der Waals surface area contributed by atoms with Crippen molar-refractivity contribution < 1.29 is 5.11 Å². The molecule has 0 bridgehead atoms. The van der Waals surface area contributed by atoms with Crippen LogP contribution in [0.5, 0.6) is 0 Å². The number of rotatable bonds is 2. The molecule has 10 heavy (non-hydrogen) atoms. The molecule has 0 aliphatic rings. The second kappa shape index (κ2) is 2.86. The zero-order chi connectivity index (χ0) is 8.41. The lowest BCUT2D eigenvalue weighted by molar-refractivity contribution is 0.142. The van der Waals surface area contributed by atoms with Crippen LogP contribution in [0.1, 0.15) is 27.2 Å². The quantitative estimate of drug-likeness (QED) is 0.481. The van der Waals surface area contributed by atoms with Crippen molar-refractivity contribution in [1.29, 1.82) is 0 Å². The van der Waals surface area contributed by atoms with Crippen LogP contribution in [-0.2, 0) is 0 Å². The first-order valence-corrected chi connectivity index (χ1v) is 3.50. The fraction of sp³-hybridized carbons (Fsp3) is 1.00. The Kier molecular flexibility index (Phi) is 2.83. The highest BCUT2D eigenvalue weighted by molar-refractivity contribution is 4.88. The molecular formula is C7H18N2O. The van der Waals surface area contributed by atoms with E-state index in [1.165, 1.54) is 0 Å². The van der Waals surface area contributed by atoms with E-state index in [0.717, 1.165) is 0 Å². The van der Waals surface area contributed by atoms with Gasteiger partial charge in [0.2, 0.25) is 0 Å². The predicted octanol–water partition coefficient (Wildman–Crippen LogP) is 0.0286. The van der Waals surface area contributed by atoms with Crippen molar-refractivity contribution in [2.75, 3.05) is 6.61 Å². The monoisotopic (exact) mass is 146 g/mol. The lowest BCUT2D eigenvalue weighted by atomic mass is 9.80. The average molecular weight is 146 g/mol. The van der Waals surface area contributed by atoms with Crippen LogP contribution in [0.25, 0.3) is 0 Å². The van der Waals surface area contributed by atoms with Crippen molar-refractivity contribution in [2.24, 2.45) is 16.9 Å². The van der Waals surface area contributed by atoms with Crippen LogP contribution < -0.4 is 11.5 Å². The van der Waals surface area contributed by atoms with E-state index in [0.29, 0.717) is 6.42 Å². The molecule has 0 aliphatic carbocycles. The number of aliphatic hydroxyl groups is 1. The Bertz CT molecular complexity index is 105. The minimum atomic E-state index is -0.762. The summed E-state index contributed by atoms with van der Waals surface area (Å²) >= 11 is 0. The Labute approximate surface area is 62.4 Å². The molecule has 0 rings (SSSR count). The average Bonchev–Trinajstić information content (AvgIpc) is 1.61. The molecule has 0 heterocycles. The first-order chi connectivity index (χ1) is 4.31. The van der Waals surface area contributed by atoms with Gasteiger partial charge in [0.1, 0.15) is 0 Å². The Balaban J connectivity index is 4.10. The molecule has 62 valence electrons. The molecule has 3 nitrogen and oxygen atoms in total. The lowest BCUT2D eigenvalue weighted by Crippen LogP contribution is -2.59. The van der Waals surface area contributed by atoms with E-state index in [4.69, 9.17) is 16.6 Å². The molecule has 0 amide bonds. The maximum Gasteiger partial charge on any atom is 0.0708 e. The molecule has 0 saturated heterocycles. The Hall–Kier alpha value is -0.120. The first kappa shape index (κ1) is 9.88. The number of hydrogen-bond acceptors (Lipinski definition) is 3. The van der Waals surface area contributed by atoms with Gasteiger partial charge in [-0.15, -0.1) is 0 Å². The molecule has 0 saturated carbocycles. The molecule has 0 radical (unpaired) electrons. The highest BCUT2D eigenvalue weighted by atomic mass is 16.3. The van der Waals surface area contributed by atoms with Gasteiger partial charge in [0.15, 0.2) is 0 Å². The Morgan fingerprint density at radius 2 is 1.60 bits per heavy atom. The van der Waals surface area contributed by atoms with Crippen LogP contribution in [0, 0.1) is 5.41 Å². The number of nitrogens with two attached hydrogens (primary N) is 2. The van der Waals surface area contributed by atoms with E-state index in [9.17, 15) is 0 Å². The molecular weight excluding hydrogens is 128 g/mol. The molecule has 0 fully saturated rings. The van der Waals surface area contributed by atoms with Gasteiger partial charge in [-0.05, 0) is 5.41 Å². The van der Waals surface area contributed by atoms with E-state index in [2.05, 4.69) is 0 Å². The van der Waals surface area contributed by atoms with Crippen molar-refractivity contribution in [3.8, 4) is 0 Å². The SMILES string of the molecule is CC(C)(C)C(N)(N)CCO. The standard InChI is InChI=1S/C7H18N2O/c1-6(2,3)7(8,9)4-5-10/h10H,4-5,8-9H2,1-3H3. The van der Waals surface area contributed by atoms with E-state index in [1.54, 1.807) is 0 Å². The summed E-state index contributed by atoms with van der Waals surface area (Å²) in [6.45, 7) is 5.93. The molecule has 0 aromatic rings. The van der Waals surface area contributed by atoms with E-state index >= 15 is 0 Å². The summed E-state index contributed by atoms with van der Waals surface area (Å²) in [6, 6.07) is 0. The summed E-state index contributed by atoms with van der Waals surface area (Å²) in [5, 5.41) is 8.61. The van der Waals surface area contributed by atoms with Gasteiger partial charge >= 0.3 is 0 Å². The number of aliphatic hydroxyl groups excluding tert-OH is 1. The van der Waals surface area contributed by atoms with Crippen LogP contribution in [0.15, 0.2) is 0 Å². The molecule has 0 aromatic heterocycles. The van der Waals surface area contributed by atoms with Crippen LogP contribution >= 0.6 is 0 Å². The first-order valence-electron chi connectivity index (χ1n) is 3.50. The molecule has 0 aliphatic heterocycles. The van der Waals surface area contributed by atoms with Gasteiger partial charge in [-0.25, -0.2) is 0 Å². The summed E-state index contributed by atoms with van der Waals surface area (Å²) in [5.74, 6) is 0. The fourth-order valence-corrected chi connectivity index (χ4v) is 0.560. The molecule has 5 N–H and O–H groups in total. The summed E-state index contributed by atoms with van der Waals surface area (Å²) in [4.78, 5) is 0. The van der Waals surface area contributed by atoms with Crippen molar-refractivity contribution in [1.82, 2.24) is 0 Å². The lowest BCUT2D eigenvalue weighted by Gasteiger charge is -2.37. The fourth-order valence-electron chi connectivity index (χ4n) is 0.560. The molecule has 3 heteroatoms. The predicted molar refractivity (Wildman–Crippen MR) is 42.3 cm³/mol. The van der Waals surface area contributed by atoms with Gasteiger partial charge < -0.3 is 16.6 Å². The van der Waals surface area contributed by atoms with Gasteiger partial charge in [0.05, 0.1) is 5.66 Å². The van der Waals surface area contributed by atoms with Crippen molar-refractivity contribution in [3.05, 3.63) is 0 Å². The van der Waals surface area contributed by atoms with E-state index < -0.39 is 5.66 Å². The van der Waals surface area contributed by atoms with Crippen molar-refractivity contribution in [3.63, 3.8) is 0 Å². The largest absolute Gasteiger partial charge is 0.396 e. The van der Waals surface area contributed by atoms with Crippen LogP contribution in [0.4, 0.5) is 0 Å². The smallest absolute Gasteiger partial charge is 0.0708 e. The zero-order valence-electron chi connectivity index (χ0n) is 7.02. The molecule has 0 unspecified atom stereocenters.